The predicted octanol–water partition coefficient (Wildman–Crippen LogP) is 4.85. The Hall–Kier alpha value is -3.12. The summed E-state index contributed by atoms with van der Waals surface area (Å²) in [6.07, 6.45) is 9.89. The van der Waals surface area contributed by atoms with Crippen LogP contribution in [0.15, 0.2) is 54.5 Å². The van der Waals surface area contributed by atoms with Crippen LogP contribution in [0.1, 0.15) is 43.2 Å². The molecule has 1 aliphatic heterocycles. The molecule has 3 fully saturated rings. The minimum Gasteiger partial charge on any atom is -0.380 e. The highest BCUT2D eigenvalue weighted by Crippen LogP contribution is 2.54. The fourth-order valence-corrected chi connectivity index (χ4v) is 6.93. The van der Waals surface area contributed by atoms with Gasteiger partial charge >= 0.3 is 0 Å². The zero-order chi connectivity index (χ0) is 26.0. The van der Waals surface area contributed by atoms with Crippen LogP contribution in [0.3, 0.4) is 0 Å². The van der Waals surface area contributed by atoms with Crippen molar-refractivity contribution in [2.24, 2.45) is 11.8 Å². The molecule has 2 heterocycles. The lowest BCUT2D eigenvalue weighted by atomic mass is 9.69. The smallest absolute Gasteiger partial charge is 0.148 e. The van der Waals surface area contributed by atoms with Crippen LogP contribution < -0.4 is 21.6 Å². The van der Waals surface area contributed by atoms with E-state index in [4.69, 9.17) is 23.2 Å². The predicted molar refractivity (Wildman–Crippen MR) is 154 cm³/mol. The molecule has 4 aliphatic rings. The molecule has 0 spiro atoms. The summed E-state index contributed by atoms with van der Waals surface area (Å²) in [6.45, 7) is 0. The van der Waals surface area contributed by atoms with Crippen molar-refractivity contribution in [3.8, 4) is 6.07 Å². The quantitative estimate of drug-likeness (QED) is 0.317. The number of nitrogens with zero attached hydrogens (tertiary/aromatic N) is 3. The Morgan fingerprint density at radius 1 is 1.11 bits per heavy atom. The standard InChI is InChI=1S/C28H28BCl2N7/c29-28(21-6-1-2-7-22(21)30,24-14-38(37-36-24)17-8-9-17)35-16-10-20-25(34-26-18-4-3-5-19(18)26)15(12-32)13-33-27(20)23(31)11-16/h1-2,6-7,10-11,13-14,17-19,26,35-37H,3-5,8-9,29H2,(H,33,34)/t18-,19+,26?,28?. The third-order valence-electron chi connectivity index (χ3n) is 8.64. The molecule has 2 aromatic carbocycles. The lowest BCUT2D eigenvalue weighted by Crippen LogP contribution is -2.45. The molecule has 10 heteroatoms. The van der Waals surface area contributed by atoms with Crippen LogP contribution in [0.25, 0.3) is 10.9 Å². The van der Waals surface area contributed by atoms with E-state index >= 15 is 0 Å². The van der Waals surface area contributed by atoms with Gasteiger partial charge in [0, 0.05) is 40.6 Å². The lowest BCUT2D eigenvalue weighted by Gasteiger charge is -2.34. The second-order valence-corrected chi connectivity index (χ2v) is 11.9. The number of hydrazine groups is 2. The fourth-order valence-electron chi connectivity index (χ4n) is 6.34. The second kappa shape index (κ2) is 8.98. The van der Waals surface area contributed by atoms with E-state index in [0.29, 0.717) is 45.0 Å². The van der Waals surface area contributed by atoms with Gasteiger partial charge in [0.05, 0.1) is 32.9 Å². The van der Waals surface area contributed by atoms with E-state index in [9.17, 15) is 5.26 Å². The number of nitrogens with one attached hydrogen (secondary N) is 4. The van der Waals surface area contributed by atoms with Crippen LogP contribution >= 0.6 is 23.2 Å². The first-order valence-corrected chi connectivity index (χ1v) is 14.1. The largest absolute Gasteiger partial charge is 0.380 e. The second-order valence-electron chi connectivity index (χ2n) is 11.1. The number of hydrogen-bond acceptors (Lipinski definition) is 7. The van der Waals surface area contributed by atoms with Gasteiger partial charge in [0.15, 0.2) is 0 Å². The molecular formula is C28H28BCl2N7. The number of pyridine rings is 1. The van der Waals surface area contributed by atoms with Crippen molar-refractivity contribution in [2.75, 3.05) is 10.6 Å². The van der Waals surface area contributed by atoms with Crippen LogP contribution in [0, 0.1) is 23.2 Å². The van der Waals surface area contributed by atoms with Crippen molar-refractivity contribution >= 4 is 53.3 Å². The van der Waals surface area contributed by atoms with Gasteiger partial charge in [0.2, 0.25) is 0 Å². The number of anilines is 2. The van der Waals surface area contributed by atoms with Crippen LogP contribution in [0.2, 0.25) is 10.0 Å². The Balaban J connectivity index is 1.31. The number of halogens is 2. The highest BCUT2D eigenvalue weighted by molar-refractivity contribution is 6.36. The van der Waals surface area contributed by atoms with E-state index in [1.807, 2.05) is 36.4 Å². The highest BCUT2D eigenvalue weighted by atomic mass is 35.5. The third-order valence-corrected chi connectivity index (χ3v) is 9.25. The molecule has 0 radical (unpaired) electrons. The van der Waals surface area contributed by atoms with E-state index in [2.05, 4.69) is 51.7 Å². The Morgan fingerprint density at radius 2 is 1.89 bits per heavy atom. The summed E-state index contributed by atoms with van der Waals surface area (Å²) < 4.78 is 0. The molecule has 4 atom stereocenters. The van der Waals surface area contributed by atoms with Crippen molar-refractivity contribution in [3.63, 3.8) is 0 Å². The van der Waals surface area contributed by atoms with Crippen molar-refractivity contribution in [1.82, 2.24) is 21.0 Å². The van der Waals surface area contributed by atoms with Gasteiger partial charge in [-0.2, -0.15) is 5.26 Å². The summed E-state index contributed by atoms with van der Waals surface area (Å²) >= 11 is 13.6. The van der Waals surface area contributed by atoms with E-state index in [1.165, 1.54) is 32.1 Å². The van der Waals surface area contributed by atoms with Gasteiger partial charge in [-0.15, -0.1) is 5.53 Å². The average Bonchev–Trinajstić information content (AvgIpc) is 3.73. The summed E-state index contributed by atoms with van der Waals surface area (Å²) in [5, 5.41) is 21.5. The van der Waals surface area contributed by atoms with Crippen molar-refractivity contribution in [1.29, 1.82) is 5.26 Å². The molecular weight excluding hydrogens is 516 g/mol. The summed E-state index contributed by atoms with van der Waals surface area (Å²) in [5.41, 5.74) is 10.7. The van der Waals surface area contributed by atoms with Crippen LogP contribution in [-0.4, -0.2) is 29.9 Å². The molecule has 4 N–H and O–H groups in total. The summed E-state index contributed by atoms with van der Waals surface area (Å²) in [7, 11) is 2.11. The van der Waals surface area contributed by atoms with Gasteiger partial charge in [0.1, 0.15) is 13.9 Å². The average molecular weight is 544 g/mol. The zero-order valence-electron chi connectivity index (χ0n) is 21.1. The normalized spacial score (nSPS) is 25.2. The first-order valence-electron chi connectivity index (χ1n) is 13.3. The zero-order valence-corrected chi connectivity index (χ0v) is 22.6. The van der Waals surface area contributed by atoms with Crippen molar-refractivity contribution < 1.29 is 0 Å². The number of benzene rings is 2. The Labute approximate surface area is 232 Å². The molecule has 3 aromatic rings. The van der Waals surface area contributed by atoms with Gasteiger partial charge in [-0.05, 0) is 61.3 Å². The highest BCUT2D eigenvalue weighted by Gasteiger charge is 2.52. The Bertz CT molecular complexity index is 1510. The SMILES string of the molecule is BC(Nc1cc(Cl)c2ncc(C#N)c(NC3[C@H]4CCC[C@@H]34)c2c1)(C1=CN(C2CC2)NN1)c1ccccc1Cl. The summed E-state index contributed by atoms with van der Waals surface area (Å²) in [5.74, 6) is 1.40. The number of hydrogen-bond donors (Lipinski definition) is 4. The van der Waals surface area contributed by atoms with Crippen LogP contribution in [-0.2, 0) is 5.44 Å². The van der Waals surface area contributed by atoms with Crippen LogP contribution in [0.4, 0.5) is 11.4 Å². The van der Waals surface area contributed by atoms with E-state index < -0.39 is 5.44 Å². The lowest BCUT2D eigenvalue weighted by molar-refractivity contribution is 0.260. The maximum atomic E-state index is 9.92. The summed E-state index contributed by atoms with van der Waals surface area (Å²) in [4.78, 5) is 4.55. The maximum Gasteiger partial charge on any atom is 0.148 e. The number of aromatic nitrogens is 1. The number of fused-ring (bicyclic) bond motifs is 2. The molecule has 2 unspecified atom stereocenters. The van der Waals surface area contributed by atoms with Crippen molar-refractivity contribution in [2.45, 2.75) is 49.6 Å². The molecule has 192 valence electrons. The molecule has 1 aromatic heterocycles. The first kappa shape index (κ1) is 24.0. The molecule has 3 saturated carbocycles. The third kappa shape index (κ3) is 3.96. The monoisotopic (exact) mass is 543 g/mol. The topological polar surface area (TPSA) is 88.0 Å². The molecule has 0 amide bonds. The minimum absolute atomic E-state index is 0.414. The van der Waals surface area contributed by atoms with E-state index in [0.717, 1.165) is 28.0 Å². The number of nitriles is 1. The van der Waals surface area contributed by atoms with Crippen molar-refractivity contribution in [3.05, 3.63) is 75.7 Å². The Kier molecular flexibility index (Phi) is 5.66. The molecule has 7 rings (SSSR count). The minimum atomic E-state index is -0.701. The van der Waals surface area contributed by atoms with E-state index in [-0.39, 0.29) is 0 Å². The first-order chi connectivity index (χ1) is 18.5. The van der Waals surface area contributed by atoms with Gasteiger partial charge in [-0.3, -0.25) is 9.99 Å². The van der Waals surface area contributed by atoms with E-state index in [1.54, 1.807) is 6.20 Å². The maximum absolute atomic E-state index is 9.92. The molecule has 3 aliphatic carbocycles. The summed E-state index contributed by atoms with van der Waals surface area (Å²) in [6, 6.07) is 15.1. The van der Waals surface area contributed by atoms with Gasteiger partial charge in [-0.1, -0.05) is 47.8 Å². The molecule has 0 saturated heterocycles. The van der Waals surface area contributed by atoms with Gasteiger partial charge in [0.25, 0.3) is 0 Å². The van der Waals surface area contributed by atoms with Crippen LogP contribution in [0.5, 0.6) is 0 Å². The van der Waals surface area contributed by atoms with Gasteiger partial charge in [-0.25, -0.2) is 0 Å². The number of rotatable bonds is 7. The van der Waals surface area contributed by atoms with Gasteiger partial charge < -0.3 is 16.1 Å². The fraction of sp³-hybridized carbons (Fsp3) is 0.357. The molecule has 38 heavy (non-hydrogen) atoms. The molecule has 7 nitrogen and oxygen atoms in total. The molecule has 0 bridgehead atoms. The Morgan fingerprint density at radius 3 is 2.63 bits per heavy atom.